The van der Waals surface area contributed by atoms with Crippen molar-refractivity contribution >= 4 is 15.9 Å². The number of hydrogen-bond donors (Lipinski definition) is 0. The van der Waals surface area contributed by atoms with Gasteiger partial charge in [0.1, 0.15) is 0 Å². The number of pyridine rings is 1. The Hall–Kier alpha value is -2.25. The lowest BCUT2D eigenvalue weighted by atomic mass is 9.72. The van der Waals surface area contributed by atoms with Gasteiger partial charge in [-0.05, 0) is 55.5 Å². The maximum atomic E-state index is 13.4. The van der Waals surface area contributed by atoms with Crippen LogP contribution in [-0.2, 0) is 21.4 Å². The number of carbonyl (C=O) groups is 1. The number of nitrogens with zero attached hydrogens (tertiary/aromatic N) is 3. The van der Waals surface area contributed by atoms with Gasteiger partial charge in [0.05, 0.1) is 10.3 Å². The summed E-state index contributed by atoms with van der Waals surface area (Å²) in [6, 6.07) is 12.2. The average Bonchev–Trinajstić information content (AvgIpc) is 3.38. The van der Waals surface area contributed by atoms with Crippen molar-refractivity contribution in [3.05, 3.63) is 60.4 Å². The van der Waals surface area contributed by atoms with E-state index in [0.29, 0.717) is 24.4 Å². The van der Waals surface area contributed by atoms with E-state index in [1.807, 2.05) is 23.1 Å². The van der Waals surface area contributed by atoms with Gasteiger partial charge < -0.3 is 4.90 Å². The second kappa shape index (κ2) is 6.39. The summed E-state index contributed by atoms with van der Waals surface area (Å²) in [4.78, 5) is 19.7. The maximum absolute atomic E-state index is 13.4. The van der Waals surface area contributed by atoms with Crippen molar-refractivity contribution in [1.29, 1.82) is 0 Å². The molecule has 1 amide bonds. The molecule has 0 N–H and O–H groups in total. The van der Waals surface area contributed by atoms with Crippen LogP contribution < -0.4 is 0 Å². The lowest BCUT2D eigenvalue weighted by Gasteiger charge is -2.32. The Labute approximate surface area is 165 Å². The second-order valence-corrected chi connectivity index (χ2v) is 9.93. The van der Waals surface area contributed by atoms with E-state index in [2.05, 4.69) is 4.98 Å². The first-order chi connectivity index (χ1) is 13.5. The monoisotopic (exact) mass is 397 g/mol. The zero-order valence-electron chi connectivity index (χ0n) is 15.6. The SMILES string of the molecule is O=C1N(Cc2ccncc2)CC[C@@]12C[C@H]1CC[C@H]2N1S(=O)(=O)c1ccccc1. The summed E-state index contributed by atoms with van der Waals surface area (Å²) in [5.74, 6) is 0.116. The molecule has 0 saturated carbocycles. The fourth-order valence-electron chi connectivity index (χ4n) is 5.42. The van der Waals surface area contributed by atoms with Gasteiger partial charge in [-0.3, -0.25) is 9.78 Å². The molecule has 146 valence electrons. The largest absolute Gasteiger partial charge is 0.338 e. The zero-order valence-corrected chi connectivity index (χ0v) is 16.4. The molecule has 4 heterocycles. The topological polar surface area (TPSA) is 70.6 Å². The van der Waals surface area contributed by atoms with E-state index in [1.54, 1.807) is 41.0 Å². The lowest BCUT2D eigenvalue weighted by Crippen LogP contribution is -2.45. The smallest absolute Gasteiger partial charge is 0.243 e. The van der Waals surface area contributed by atoms with Crippen LogP contribution in [0.1, 0.15) is 31.2 Å². The van der Waals surface area contributed by atoms with Crippen LogP contribution in [0.15, 0.2) is 59.8 Å². The van der Waals surface area contributed by atoms with Crippen molar-refractivity contribution in [3.8, 4) is 0 Å². The minimum Gasteiger partial charge on any atom is -0.338 e. The van der Waals surface area contributed by atoms with Crippen LogP contribution in [0.4, 0.5) is 0 Å². The van der Waals surface area contributed by atoms with Crippen molar-refractivity contribution in [1.82, 2.24) is 14.2 Å². The third-order valence-corrected chi connectivity index (χ3v) is 8.64. The van der Waals surface area contributed by atoms with Crippen LogP contribution in [0, 0.1) is 5.41 Å². The first kappa shape index (κ1) is 17.8. The summed E-state index contributed by atoms with van der Waals surface area (Å²) in [7, 11) is -3.58. The highest BCUT2D eigenvalue weighted by Gasteiger charge is 2.65. The second-order valence-electron chi connectivity index (χ2n) is 8.09. The Balaban J connectivity index is 1.43. The number of fused-ring (bicyclic) bond motifs is 3. The van der Waals surface area contributed by atoms with E-state index in [1.165, 1.54) is 0 Å². The van der Waals surface area contributed by atoms with Gasteiger partial charge in [-0.2, -0.15) is 4.31 Å². The van der Waals surface area contributed by atoms with Gasteiger partial charge in [0, 0.05) is 37.6 Å². The number of aromatic nitrogens is 1. The molecule has 3 fully saturated rings. The van der Waals surface area contributed by atoms with Crippen LogP contribution >= 0.6 is 0 Å². The van der Waals surface area contributed by atoms with E-state index in [9.17, 15) is 13.2 Å². The highest BCUT2D eigenvalue weighted by molar-refractivity contribution is 7.89. The van der Waals surface area contributed by atoms with Crippen molar-refractivity contribution < 1.29 is 13.2 Å². The van der Waals surface area contributed by atoms with Gasteiger partial charge in [0.2, 0.25) is 15.9 Å². The Morgan fingerprint density at radius 1 is 1.07 bits per heavy atom. The molecule has 2 aromatic rings. The number of benzene rings is 1. The summed E-state index contributed by atoms with van der Waals surface area (Å²) in [6.07, 6.45) is 6.46. The fraction of sp³-hybridized carbons (Fsp3) is 0.429. The molecule has 3 saturated heterocycles. The molecule has 3 aliphatic rings. The van der Waals surface area contributed by atoms with Gasteiger partial charge in [-0.1, -0.05) is 18.2 Å². The lowest BCUT2D eigenvalue weighted by molar-refractivity contribution is -0.137. The molecule has 2 bridgehead atoms. The number of rotatable bonds is 4. The summed E-state index contributed by atoms with van der Waals surface area (Å²) < 4.78 is 28.3. The molecule has 6 nitrogen and oxygen atoms in total. The van der Waals surface area contributed by atoms with Gasteiger partial charge in [0.15, 0.2) is 0 Å². The Bertz CT molecular complexity index is 996. The quantitative estimate of drug-likeness (QED) is 0.794. The first-order valence-corrected chi connectivity index (χ1v) is 11.2. The van der Waals surface area contributed by atoms with Gasteiger partial charge >= 0.3 is 0 Å². The van der Waals surface area contributed by atoms with E-state index >= 15 is 0 Å². The molecule has 0 radical (unpaired) electrons. The Morgan fingerprint density at radius 3 is 2.57 bits per heavy atom. The van der Waals surface area contributed by atoms with Gasteiger partial charge in [-0.25, -0.2) is 8.42 Å². The molecule has 7 heteroatoms. The standard InChI is InChI=1S/C21H23N3O3S/c25-20-21(10-13-23(20)15-16-8-11-22-12-9-16)14-17-6-7-19(21)24(17)28(26,27)18-4-2-1-3-5-18/h1-5,8-9,11-12,17,19H,6-7,10,13-15H2/t17-,19-,21+/m1/s1. The molecular weight excluding hydrogens is 374 g/mol. The van der Waals surface area contributed by atoms with Crippen LogP contribution in [0.25, 0.3) is 0 Å². The van der Waals surface area contributed by atoms with Crippen LogP contribution in [0.5, 0.6) is 0 Å². The number of sulfonamides is 1. The first-order valence-electron chi connectivity index (χ1n) is 9.79. The highest BCUT2D eigenvalue weighted by atomic mass is 32.2. The number of carbonyl (C=O) groups excluding carboxylic acids is 1. The summed E-state index contributed by atoms with van der Waals surface area (Å²) in [5.41, 5.74) is 0.495. The summed E-state index contributed by atoms with van der Waals surface area (Å²) >= 11 is 0. The third-order valence-electron chi connectivity index (χ3n) is 6.66. The molecule has 5 rings (SSSR count). The Kier molecular flexibility index (Phi) is 4.07. The average molecular weight is 398 g/mol. The highest BCUT2D eigenvalue weighted by Crippen LogP contribution is 2.56. The zero-order chi connectivity index (χ0) is 19.4. The number of hydrogen-bond acceptors (Lipinski definition) is 4. The van der Waals surface area contributed by atoms with Crippen LogP contribution in [-0.4, -0.2) is 47.1 Å². The Morgan fingerprint density at radius 2 is 1.82 bits per heavy atom. The molecule has 1 aromatic heterocycles. The van der Waals surface area contributed by atoms with E-state index in [0.717, 1.165) is 24.8 Å². The summed E-state index contributed by atoms with van der Waals surface area (Å²) in [6.45, 7) is 1.25. The van der Waals surface area contributed by atoms with Crippen LogP contribution in [0.2, 0.25) is 0 Å². The van der Waals surface area contributed by atoms with Crippen molar-refractivity contribution in [2.45, 2.75) is 49.2 Å². The van der Waals surface area contributed by atoms with Crippen molar-refractivity contribution in [2.75, 3.05) is 6.54 Å². The number of amides is 1. The minimum absolute atomic E-state index is 0.0694. The van der Waals surface area contributed by atoms with Crippen molar-refractivity contribution in [2.24, 2.45) is 5.41 Å². The number of likely N-dealkylation sites (tertiary alicyclic amines) is 1. The molecule has 1 spiro atoms. The maximum Gasteiger partial charge on any atom is 0.243 e. The molecule has 0 unspecified atom stereocenters. The van der Waals surface area contributed by atoms with E-state index < -0.39 is 15.4 Å². The molecule has 28 heavy (non-hydrogen) atoms. The third kappa shape index (κ3) is 2.53. The van der Waals surface area contributed by atoms with Gasteiger partial charge in [-0.15, -0.1) is 0 Å². The molecule has 3 atom stereocenters. The van der Waals surface area contributed by atoms with Gasteiger partial charge in [0.25, 0.3) is 0 Å². The van der Waals surface area contributed by atoms with Crippen molar-refractivity contribution in [3.63, 3.8) is 0 Å². The molecule has 3 aliphatic heterocycles. The normalized spacial score (nSPS) is 29.9. The fourth-order valence-corrected chi connectivity index (χ4v) is 7.38. The van der Waals surface area contributed by atoms with E-state index in [4.69, 9.17) is 0 Å². The molecule has 1 aromatic carbocycles. The van der Waals surface area contributed by atoms with Crippen LogP contribution in [0.3, 0.4) is 0 Å². The minimum atomic E-state index is -3.58. The van der Waals surface area contributed by atoms with E-state index in [-0.39, 0.29) is 18.0 Å². The summed E-state index contributed by atoms with van der Waals surface area (Å²) in [5, 5.41) is 0. The predicted octanol–water partition coefficient (Wildman–Crippen LogP) is 2.43. The molecule has 0 aliphatic carbocycles. The predicted molar refractivity (Wildman–Crippen MR) is 104 cm³/mol. The molecular formula is C21H23N3O3S.